The number of hydrogen-bond donors (Lipinski definition) is 2. The fraction of sp³-hybridized carbons (Fsp3) is 0.292. The molecule has 1 saturated heterocycles. The van der Waals surface area contributed by atoms with Crippen molar-refractivity contribution < 1.29 is 17.9 Å². The number of fused-ring (bicyclic) bond motifs is 1. The molecule has 1 heterocycles. The highest BCUT2D eigenvalue weighted by atomic mass is 35.5. The summed E-state index contributed by atoms with van der Waals surface area (Å²) in [6.07, 6.45) is 0.841. The second-order valence-electron chi connectivity index (χ2n) is 7.97. The molecule has 174 valence electrons. The third-order valence-corrected chi connectivity index (χ3v) is 7.40. The Kier molecular flexibility index (Phi) is 7.07. The molecule has 0 aliphatic carbocycles. The number of hydrogen-bond acceptors (Lipinski definition) is 5. The molecule has 1 unspecified atom stereocenters. The first-order valence-electron chi connectivity index (χ1n) is 10.7. The van der Waals surface area contributed by atoms with E-state index in [2.05, 4.69) is 14.9 Å². The van der Waals surface area contributed by atoms with Gasteiger partial charge >= 0.3 is 0 Å². The predicted molar refractivity (Wildman–Crippen MR) is 131 cm³/mol. The lowest BCUT2D eigenvalue weighted by Crippen LogP contribution is -2.38. The number of anilines is 1. The summed E-state index contributed by atoms with van der Waals surface area (Å²) in [6.45, 7) is 1.42. The average molecular weight is 488 g/mol. The first-order chi connectivity index (χ1) is 15.9. The fourth-order valence-corrected chi connectivity index (χ4v) is 5.26. The molecule has 0 radical (unpaired) electrons. The summed E-state index contributed by atoms with van der Waals surface area (Å²) in [5.41, 5.74) is 0.893. The number of carbonyl (C=O) groups is 1. The van der Waals surface area contributed by atoms with Gasteiger partial charge in [0, 0.05) is 37.1 Å². The van der Waals surface area contributed by atoms with Gasteiger partial charge in [-0.25, -0.2) is 13.1 Å². The van der Waals surface area contributed by atoms with Crippen molar-refractivity contribution in [3.05, 3.63) is 65.7 Å². The first-order valence-corrected chi connectivity index (χ1v) is 12.6. The molecule has 7 nitrogen and oxygen atoms in total. The van der Waals surface area contributed by atoms with Crippen LogP contribution in [0.5, 0.6) is 5.75 Å². The number of ether oxygens (including phenoxy) is 1. The lowest BCUT2D eigenvalue weighted by molar-refractivity contribution is -0.121. The molecule has 1 amide bonds. The SMILES string of the molecule is COc1ccc(Cl)cc1N1CCC(NC(=O)CCNS(=O)(=O)c2ccc3ccccc3c2)C1. The van der Waals surface area contributed by atoms with Crippen LogP contribution in [0.2, 0.25) is 5.02 Å². The highest BCUT2D eigenvalue weighted by Gasteiger charge is 2.26. The second kappa shape index (κ2) is 9.99. The zero-order valence-electron chi connectivity index (χ0n) is 18.3. The highest BCUT2D eigenvalue weighted by Crippen LogP contribution is 2.33. The van der Waals surface area contributed by atoms with Gasteiger partial charge in [0.05, 0.1) is 17.7 Å². The fourth-order valence-electron chi connectivity index (χ4n) is 4.02. The van der Waals surface area contributed by atoms with E-state index in [0.29, 0.717) is 11.6 Å². The van der Waals surface area contributed by atoms with E-state index in [1.165, 1.54) is 0 Å². The van der Waals surface area contributed by atoms with Crippen LogP contribution in [-0.4, -0.2) is 47.1 Å². The maximum atomic E-state index is 12.6. The monoisotopic (exact) mass is 487 g/mol. The largest absolute Gasteiger partial charge is 0.495 e. The molecule has 1 aliphatic rings. The van der Waals surface area contributed by atoms with Crippen LogP contribution in [0.4, 0.5) is 5.69 Å². The van der Waals surface area contributed by atoms with Gasteiger partial charge in [0.2, 0.25) is 15.9 Å². The minimum Gasteiger partial charge on any atom is -0.495 e. The van der Waals surface area contributed by atoms with Gasteiger partial charge in [-0.2, -0.15) is 0 Å². The molecule has 1 atom stereocenters. The van der Waals surface area contributed by atoms with Crippen LogP contribution in [0.3, 0.4) is 0 Å². The third-order valence-electron chi connectivity index (χ3n) is 5.71. The van der Waals surface area contributed by atoms with E-state index in [1.807, 2.05) is 36.4 Å². The Balaban J connectivity index is 1.28. The summed E-state index contributed by atoms with van der Waals surface area (Å²) in [4.78, 5) is 14.7. The lowest BCUT2D eigenvalue weighted by atomic mass is 10.1. The van der Waals surface area contributed by atoms with Crippen molar-refractivity contribution in [2.45, 2.75) is 23.8 Å². The topological polar surface area (TPSA) is 87.7 Å². The number of nitrogens with one attached hydrogen (secondary N) is 2. The van der Waals surface area contributed by atoms with E-state index < -0.39 is 10.0 Å². The van der Waals surface area contributed by atoms with Crippen molar-refractivity contribution in [2.75, 3.05) is 31.6 Å². The maximum absolute atomic E-state index is 12.6. The summed E-state index contributed by atoms with van der Waals surface area (Å²) in [5.74, 6) is 0.538. The molecule has 0 saturated carbocycles. The van der Waals surface area contributed by atoms with E-state index in [1.54, 1.807) is 31.4 Å². The molecule has 0 bridgehead atoms. The minimum atomic E-state index is -3.70. The number of amides is 1. The van der Waals surface area contributed by atoms with Crippen molar-refractivity contribution in [2.24, 2.45) is 0 Å². The minimum absolute atomic E-state index is 0.0273. The van der Waals surface area contributed by atoms with Crippen molar-refractivity contribution in [1.82, 2.24) is 10.0 Å². The molecule has 2 N–H and O–H groups in total. The van der Waals surface area contributed by atoms with Crippen LogP contribution in [0.25, 0.3) is 10.8 Å². The van der Waals surface area contributed by atoms with Gasteiger partial charge in [-0.1, -0.05) is 41.9 Å². The Bertz CT molecular complexity index is 1270. The highest BCUT2D eigenvalue weighted by molar-refractivity contribution is 7.89. The molecule has 3 aromatic rings. The van der Waals surface area contributed by atoms with Crippen LogP contribution in [0.15, 0.2) is 65.6 Å². The Labute approximate surface area is 198 Å². The van der Waals surface area contributed by atoms with Crippen molar-refractivity contribution in [3.8, 4) is 5.75 Å². The van der Waals surface area contributed by atoms with E-state index in [9.17, 15) is 13.2 Å². The number of methoxy groups -OCH3 is 1. The average Bonchev–Trinajstić information content (AvgIpc) is 3.26. The number of rotatable bonds is 8. The molecule has 0 aromatic heterocycles. The molecule has 3 aromatic carbocycles. The zero-order valence-corrected chi connectivity index (χ0v) is 19.8. The number of nitrogens with zero attached hydrogens (tertiary/aromatic N) is 1. The summed E-state index contributed by atoms with van der Waals surface area (Å²) in [7, 11) is -2.08. The summed E-state index contributed by atoms with van der Waals surface area (Å²) in [6, 6.07) is 18.0. The van der Waals surface area contributed by atoms with Gasteiger partial charge in [-0.15, -0.1) is 0 Å². The summed E-state index contributed by atoms with van der Waals surface area (Å²) >= 11 is 6.13. The normalized spacial score (nSPS) is 16.2. The van der Waals surface area contributed by atoms with E-state index in [4.69, 9.17) is 16.3 Å². The Morgan fingerprint density at radius 3 is 2.70 bits per heavy atom. The van der Waals surface area contributed by atoms with Crippen molar-refractivity contribution >= 4 is 44.0 Å². The first kappa shape index (κ1) is 23.4. The molecule has 0 spiro atoms. The third kappa shape index (κ3) is 5.58. The van der Waals surface area contributed by atoms with Gasteiger partial charge in [0.1, 0.15) is 5.75 Å². The van der Waals surface area contributed by atoms with E-state index >= 15 is 0 Å². The molecule has 1 fully saturated rings. The molecular weight excluding hydrogens is 462 g/mol. The van der Waals surface area contributed by atoms with Crippen LogP contribution >= 0.6 is 11.6 Å². The van der Waals surface area contributed by atoms with Crippen LogP contribution < -0.4 is 19.7 Å². The van der Waals surface area contributed by atoms with Gasteiger partial charge in [-0.05, 0) is 47.5 Å². The second-order valence-corrected chi connectivity index (χ2v) is 10.2. The van der Waals surface area contributed by atoms with Crippen LogP contribution in [0.1, 0.15) is 12.8 Å². The van der Waals surface area contributed by atoms with Gasteiger partial charge in [0.25, 0.3) is 0 Å². The van der Waals surface area contributed by atoms with E-state index in [-0.39, 0.29) is 29.8 Å². The lowest BCUT2D eigenvalue weighted by Gasteiger charge is -2.21. The predicted octanol–water partition coefficient (Wildman–Crippen LogP) is 3.57. The smallest absolute Gasteiger partial charge is 0.240 e. The summed E-state index contributed by atoms with van der Waals surface area (Å²) < 4.78 is 33.2. The zero-order chi connectivity index (χ0) is 23.4. The molecule has 1 aliphatic heterocycles. The van der Waals surface area contributed by atoms with Gasteiger partial charge < -0.3 is 15.0 Å². The van der Waals surface area contributed by atoms with Gasteiger partial charge in [-0.3, -0.25) is 4.79 Å². The van der Waals surface area contributed by atoms with E-state index in [0.717, 1.165) is 35.2 Å². The Morgan fingerprint density at radius 2 is 1.91 bits per heavy atom. The molecule has 4 rings (SSSR count). The van der Waals surface area contributed by atoms with Crippen molar-refractivity contribution in [1.29, 1.82) is 0 Å². The molecular formula is C24H26ClN3O4S. The Morgan fingerprint density at radius 1 is 1.12 bits per heavy atom. The maximum Gasteiger partial charge on any atom is 0.240 e. The quantitative estimate of drug-likeness (QED) is 0.507. The van der Waals surface area contributed by atoms with Crippen LogP contribution in [0, 0.1) is 0 Å². The molecule has 33 heavy (non-hydrogen) atoms. The number of carbonyl (C=O) groups excluding carboxylic acids is 1. The molecule has 9 heteroatoms. The number of sulfonamides is 1. The Hall–Kier alpha value is -2.81. The number of benzene rings is 3. The summed E-state index contributed by atoms with van der Waals surface area (Å²) in [5, 5.41) is 5.43. The number of halogens is 1. The standard InChI is InChI=1S/C24H26ClN3O4S/c1-32-23-9-7-19(25)15-22(23)28-13-11-20(16-28)27-24(29)10-12-26-33(30,31)21-8-6-17-4-2-3-5-18(17)14-21/h2-9,14-15,20,26H,10-13,16H2,1H3,(H,27,29). The van der Waals surface area contributed by atoms with Crippen molar-refractivity contribution in [3.63, 3.8) is 0 Å². The van der Waals surface area contributed by atoms with Gasteiger partial charge in [0.15, 0.2) is 0 Å². The van der Waals surface area contributed by atoms with Crippen LogP contribution in [-0.2, 0) is 14.8 Å².